The number of hydrogen-bond acceptors (Lipinski definition) is 8. The van der Waals surface area contributed by atoms with E-state index in [1.807, 2.05) is 24.0 Å². The van der Waals surface area contributed by atoms with Crippen LogP contribution < -0.4 is 15.1 Å². The lowest BCUT2D eigenvalue weighted by Crippen LogP contribution is -2.49. The van der Waals surface area contributed by atoms with Crippen LogP contribution in [0, 0.1) is 0 Å². The maximum Gasteiger partial charge on any atom is 0.409 e. The van der Waals surface area contributed by atoms with Crippen molar-refractivity contribution in [2.45, 2.75) is 20.8 Å². The van der Waals surface area contributed by atoms with E-state index < -0.39 is 0 Å². The predicted octanol–water partition coefficient (Wildman–Crippen LogP) is 2.74. The molecule has 1 aliphatic heterocycles. The number of ether oxygens (including phenoxy) is 1. The minimum atomic E-state index is -0.269. The van der Waals surface area contributed by atoms with Crippen molar-refractivity contribution < 1.29 is 9.53 Å². The molecule has 156 valence electrons. The number of rotatable bonds is 7. The van der Waals surface area contributed by atoms with Gasteiger partial charge in [-0.25, -0.2) is 4.79 Å². The number of benzene rings is 1. The Morgan fingerprint density at radius 3 is 2.41 bits per heavy atom. The van der Waals surface area contributed by atoms with Crippen LogP contribution in [-0.2, 0) is 4.74 Å². The molecule has 9 nitrogen and oxygen atoms in total. The largest absolute Gasteiger partial charge is 0.450 e. The van der Waals surface area contributed by atoms with Crippen LogP contribution in [0.1, 0.15) is 20.8 Å². The third-order valence-electron chi connectivity index (χ3n) is 4.90. The quantitative estimate of drug-likeness (QED) is 0.761. The first-order valence-electron chi connectivity index (χ1n) is 10.1. The van der Waals surface area contributed by atoms with Crippen LogP contribution in [0.5, 0.6) is 0 Å². The molecule has 1 N–H and O–H groups in total. The highest BCUT2D eigenvalue weighted by Crippen LogP contribution is 2.21. The van der Waals surface area contributed by atoms with E-state index in [1.54, 1.807) is 11.1 Å². The van der Waals surface area contributed by atoms with Gasteiger partial charge in [0.05, 0.1) is 12.8 Å². The molecular formula is C20H29N7O2. The Hall–Kier alpha value is -3.10. The molecule has 0 radical (unpaired) electrons. The monoisotopic (exact) mass is 399 g/mol. The number of carbonyl (C=O) groups excluding carboxylic acids is 1. The maximum absolute atomic E-state index is 11.8. The molecule has 1 aromatic heterocycles. The van der Waals surface area contributed by atoms with Gasteiger partial charge in [-0.05, 0) is 45.0 Å². The number of nitrogens with one attached hydrogen (secondary N) is 1. The van der Waals surface area contributed by atoms with Gasteiger partial charge in [-0.1, -0.05) is 0 Å². The van der Waals surface area contributed by atoms with Crippen LogP contribution in [-0.4, -0.2) is 72.0 Å². The highest BCUT2D eigenvalue weighted by molar-refractivity contribution is 5.68. The Kier molecular flexibility index (Phi) is 7.04. The van der Waals surface area contributed by atoms with Gasteiger partial charge in [0, 0.05) is 50.6 Å². The van der Waals surface area contributed by atoms with Crippen molar-refractivity contribution in [3.05, 3.63) is 30.5 Å². The lowest BCUT2D eigenvalue weighted by Gasteiger charge is -2.33. The summed E-state index contributed by atoms with van der Waals surface area (Å²) < 4.78 is 5.06. The molecule has 0 saturated carbocycles. The Balaban J connectivity index is 1.61. The summed E-state index contributed by atoms with van der Waals surface area (Å²) in [5.41, 5.74) is 2.14. The molecule has 0 aliphatic carbocycles. The summed E-state index contributed by atoms with van der Waals surface area (Å²) in [7, 11) is 0. The first kappa shape index (κ1) is 20.6. The number of carbonyl (C=O) groups is 1. The van der Waals surface area contributed by atoms with E-state index in [0.717, 1.165) is 18.8 Å². The number of anilines is 4. The number of amides is 1. The standard InChI is InChI=1S/C20H29N7O2/c1-4-25(5-2)17-9-7-16(8-10-17)22-18-15-21-24-19(23-18)26-11-13-27(14-12-26)20(28)29-6-3/h7-10,15H,4-6,11-14H2,1-3H3,(H,22,23,24). The Morgan fingerprint density at radius 2 is 1.79 bits per heavy atom. The fraction of sp³-hybridized carbons (Fsp3) is 0.500. The molecule has 0 atom stereocenters. The summed E-state index contributed by atoms with van der Waals surface area (Å²) in [6.07, 6.45) is 1.34. The predicted molar refractivity (Wildman–Crippen MR) is 114 cm³/mol. The lowest BCUT2D eigenvalue weighted by atomic mass is 10.2. The second-order valence-corrected chi connectivity index (χ2v) is 6.66. The summed E-state index contributed by atoms with van der Waals surface area (Å²) in [5, 5.41) is 11.5. The van der Waals surface area contributed by atoms with E-state index in [1.165, 1.54) is 5.69 Å². The zero-order valence-electron chi connectivity index (χ0n) is 17.3. The molecule has 0 bridgehead atoms. The van der Waals surface area contributed by atoms with E-state index >= 15 is 0 Å². The average molecular weight is 399 g/mol. The molecule has 2 heterocycles. The van der Waals surface area contributed by atoms with Gasteiger partial charge in [-0.2, -0.15) is 10.1 Å². The van der Waals surface area contributed by atoms with Crippen LogP contribution in [0.4, 0.5) is 27.9 Å². The van der Waals surface area contributed by atoms with E-state index in [-0.39, 0.29) is 6.09 Å². The molecule has 2 aromatic rings. The van der Waals surface area contributed by atoms with Gasteiger partial charge in [0.25, 0.3) is 0 Å². The van der Waals surface area contributed by atoms with Crippen molar-refractivity contribution >= 4 is 29.2 Å². The van der Waals surface area contributed by atoms with Crippen LogP contribution in [0.25, 0.3) is 0 Å². The first-order chi connectivity index (χ1) is 14.1. The lowest BCUT2D eigenvalue weighted by molar-refractivity contribution is 0.105. The summed E-state index contributed by atoms with van der Waals surface area (Å²) >= 11 is 0. The highest BCUT2D eigenvalue weighted by Gasteiger charge is 2.23. The van der Waals surface area contributed by atoms with Crippen LogP contribution in [0.2, 0.25) is 0 Å². The summed E-state index contributed by atoms with van der Waals surface area (Å²) in [6, 6.07) is 8.26. The average Bonchev–Trinajstić information content (AvgIpc) is 2.76. The van der Waals surface area contributed by atoms with Gasteiger partial charge in [0.1, 0.15) is 0 Å². The van der Waals surface area contributed by atoms with Crippen molar-refractivity contribution in [2.75, 3.05) is 61.0 Å². The SMILES string of the molecule is CCOC(=O)N1CCN(c2nncc(Nc3ccc(N(CC)CC)cc3)n2)CC1. The third kappa shape index (κ3) is 5.24. The molecule has 0 unspecified atom stereocenters. The second kappa shape index (κ2) is 9.90. The molecule has 1 fully saturated rings. The van der Waals surface area contributed by atoms with Crippen LogP contribution in [0.15, 0.2) is 30.5 Å². The Labute approximate surface area is 171 Å². The van der Waals surface area contributed by atoms with Crippen molar-refractivity contribution in [2.24, 2.45) is 0 Å². The number of hydrogen-bond donors (Lipinski definition) is 1. The molecule has 0 spiro atoms. The Bertz CT molecular complexity index is 788. The van der Waals surface area contributed by atoms with Gasteiger partial charge in [0.15, 0.2) is 5.82 Å². The fourth-order valence-electron chi connectivity index (χ4n) is 3.28. The molecule has 1 aromatic carbocycles. The molecular weight excluding hydrogens is 370 g/mol. The van der Waals surface area contributed by atoms with E-state index in [4.69, 9.17) is 4.74 Å². The normalized spacial score (nSPS) is 13.9. The molecule has 1 saturated heterocycles. The zero-order chi connectivity index (χ0) is 20.6. The fourth-order valence-corrected chi connectivity index (χ4v) is 3.28. The van der Waals surface area contributed by atoms with E-state index in [0.29, 0.717) is 44.6 Å². The molecule has 3 rings (SSSR count). The molecule has 9 heteroatoms. The van der Waals surface area contributed by atoms with Crippen molar-refractivity contribution in [3.8, 4) is 0 Å². The molecule has 1 amide bonds. The van der Waals surface area contributed by atoms with Crippen LogP contribution in [0.3, 0.4) is 0 Å². The first-order valence-corrected chi connectivity index (χ1v) is 10.1. The summed E-state index contributed by atoms with van der Waals surface area (Å²) in [4.78, 5) is 22.4. The zero-order valence-corrected chi connectivity index (χ0v) is 17.3. The topological polar surface area (TPSA) is 86.7 Å². The Morgan fingerprint density at radius 1 is 1.10 bits per heavy atom. The molecule has 29 heavy (non-hydrogen) atoms. The number of aromatic nitrogens is 3. The third-order valence-corrected chi connectivity index (χ3v) is 4.90. The summed E-state index contributed by atoms with van der Waals surface area (Å²) in [5.74, 6) is 1.19. The van der Waals surface area contributed by atoms with Gasteiger partial charge in [-0.3, -0.25) is 0 Å². The summed E-state index contributed by atoms with van der Waals surface area (Å²) in [6.45, 7) is 10.9. The van der Waals surface area contributed by atoms with E-state index in [2.05, 4.69) is 51.4 Å². The number of piperazine rings is 1. The van der Waals surface area contributed by atoms with Crippen molar-refractivity contribution in [1.82, 2.24) is 20.1 Å². The van der Waals surface area contributed by atoms with Gasteiger partial charge in [0.2, 0.25) is 5.95 Å². The van der Waals surface area contributed by atoms with Gasteiger partial charge in [-0.15, -0.1) is 5.10 Å². The van der Waals surface area contributed by atoms with E-state index in [9.17, 15) is 4.79 Å². The van der Waals surface area contributed by atoms with Gasteiger partial charge >= 0.3 is 6.09 Å². The smallest absolute Gasteiger partial charge is 0.409 e. The van der Waals surface area contributed by atoms with Crippen molar-refractivity contribution in [1.29, 1.82) is 0 Å². The van der Waals surface area contributed by atoms with Crippen molar-refractivity contribution in [3.63, 3.8) is 0 Å². The minimum Gasteiger partial charge on any atom is -0.450 e. The number of nitrogens with zero attached hydrogens (tertiary/aromatic N) is 6. The highest BCUT2D eigenvalue weighted by atomic mass is 16.6. The maximum atomic E-state index is 11.8. The van der Waals surface area contributed by atoms with Gasteiger partial charge < -0.3 is 24.8 Å². The minimum absolute atomic E-state index is 0.269. The molecule has 1 aliphatic rings. The van der Waals surface area contributed by atoms with Crippen LogP contribution >= 0.6 is 0 Å². The second-order valence-electron chi connectivity index (χ2n) is 6.66.